The summed E-state index contributed by atoms with van der Waals surface area (Å²) < 4.78 is 0. The van der Waals surface area contributed by atoms with Crippen molar-refractivity contribution in [1.29, 1.82) is 0 Å². The maximum absolute atomic E-state index is 12.3. The SMILES string of the molecule is O=C1NC(=S)N(/C=C/c2nc3ccccc3[nH]c2=O)/C1=C\c1cccc([N+](=O)[O-])c1. The number of amides is 1. The number of hydrogen-bond acceptors (Lipinski definition) is 6. The number of non-ortho nitro benzene ring substituents is 1. The van der Waals surface area contributed by atoms with Gasteiger partial charge in [-0.1, -0.05) is 24.3 Å². The van der Waals surface area contributed by atoms with E-state index in [1.807, 2.05) is 0 Å². The van der Waals surface area contributed by atoms with Gasteiger partial charge in [0.2, 0.25) is 0 Å². The minimum Gasteiger partial charge on any atom is -0.319 e. The Morgan fingerprint density at radius 3 is 2.73 bits per heavy atom. The lowest BCUT2D eigenvalue weighted by Gasteiger charge is -2.11. The van der Waals surface area contributed by atoms with Crippen LogP contribution in [0.4, 0.5) is 5.69 Å². The summed E-state index contributed by atoms with van der Waals surface area (Å²) in [7, 11) is 0. The summed E-state index contributed by atoms with van der Waals surface area (Å²) in [6.45, 7) is 0. The molecule has 4 rings (SSSR count). The Hall–Kier alpha value is -4.18. The van der Waals surface area contributed by atoms with Crippen molar-refractivity contribution in [1.82, 2.24) is 20.2 Å². The molecule has 0 spiro atoms. The number of thiocarbonyl (C=S) groups is 1. The molecule has 0 unspecified atom stereocenters. The first-order chi connectivity index (χ1) is 14.4. The molecule has 2 N–H and O–H groups in total. The van der Waals surface area contributed by atoms with Crippen molar-refractivity contribution in [3.8, 4) is 0 Å². The van der Waals surface area contributed by atoms with Crippen LogP contribution in [0.1, 0.15) is 11.3 Å². The summed E-state index contributed by atoms with van der Waals surface area (Å²) in [6, 6.07) is 13.0. The van der Waals surface area contributed by atoms with E-state index in [2.05, 4.69) is 15.3 Å². The second-order valence-electron chi connectivity index (χ2n) is 6.30. The number of nitrogens with zero attached hydrogens (tertiary/aromatic N) is 3. The van der Waals surface area contributed by atoms with Gasteiger partial charge >= 0.3 is 0 Å². The highest BCUT2D eigenvalue weighted by atomic mass is 32.1. The van der Waals surface area contributed by atoms with Crippen LogP contribution in [-0.4, -0.2) is 30.8 Å². The van der Waals surface area contributed by atoms with E-state index in [1.165, 1.54) is 41.5 Å². The predicted octanol–water partition coefficient (Wildman–Crippen LogP) is 2.56. The highest BCUT2D eigenvalue weighted by Crippen LogP contribution is 2.21. The Labute approximate surface area is 174 Å². The molecule has 3 aromatic rings. The van der Waals surface area contributed by atoms with Crippen molar-refractivity contribution in [2.24, 2.45) is 0 Å². The highest BCUT2D eigenvalue weighted by Gasteiger charge is 2.28. The smallest absolute Gasteiger partial charge is 0.274 e. The van der Waals surface area contributed by atoms with Crippen molar-refractivity contribution in [3.05, 3.63) is 92.2 Å². The number of carbonyl (C=O) groups is 1. The van der Waals surface area contributed by atoms with Crippen LogP contribution < -0.4 is 10.9 Å². The van der Waals surface area contributed by atoms with Crippen molar-refractivity contribution < 1.29 is 9.72 Å². The quantitative estimate of drug-likeness (QED) is 0.288. The van der Waals surface area contributed by atoms with Gasteiger partial charge in [-0.05, 0) is 42.1 Å². The number of benzene rings is 2. The molecule has 148 valence electrons. The third-order valence-electron chi connectivity index (χ3n) is 4.32. The normalized spacial score (nSPS) is 15.3. The second kappa shape index (κ2) is 7.68. The summed E-state index contributed by atoms with van der Waals surface area (Å²) in [5.41, 5.74) is 1.50. The molecule has 2 aromatic carbocycles. The number of hydrogen-bond donors (Lipinski definition) is 2. The molecule has 2 heterocycles. The van der Waals surface area contributed by atoms with Gasteiger partial charge in [0.15, 0.2) is 5.11 Å². The molecule has 0 aliphatic carbocycles. The van der Waals surface area contributed by atoms with E-state index >= 15 is 0 Å². The zero-order valence-electron chi connectivity index (χ0n) is 15.2. The standard InChI is InChI=1S/C20H13N5O4S/c26-18-16(21-14-6-1-2-7-15(14)22-18)8-9-24-17(19(27)23-20(24)30)11-12-4-3-5-13(10-12)25(28)29/h1-11H,(H,22,26)(H,23,27,30)/b9-8+,17-11-. The molecule has 1 fully saturated rings. The fourth-order valence-electron chi connectivity index (χ4n) is 2.91. The summed E-state index contributed by atoms with van der Waals surface area (Å²) in [4.78, 5) is 43.5. The zero-order chi connectivity index (χ0) is 21.3. The van der Waals surface area contributed by atoms with Gasteiger partial charge in [-0.15, -0.1) is 0 Å². The van der Waals surface area contributed by atoms with Gasteiger partial charge in [-0.25, -0.2) is 4.98 Å². The first-order valence-corrected chi connectivity index (χ1v) is 9.11. The fourth-order valence-corrected chi connectivity index (χ4v) is 3.16. The average molecular weight is 419 g/mol. The molecule has 1 saturated heterocycles. The van der Waals surface area contributed by atoms with Crippen molar-refractivity contribution in [2.75, 3.05) is 0 Å². The number of para-hydroxylation sites is 2. The predicted molar refractivity (Wildman–Crippen MR) is 115 cm³/mol. The van der Waals surface area contributed by atoms with Crippen LogP contribution in [0.3, 0.4) is 0 Å². The molecule has 1 aliphatic heterocycles. The van der Waals surface area contributed by atoms with Crippen LogP contribution in [0.25, 0.3) is 23.2 Å². The first-order valence-electron chi connectivity index (χ1n) is 8.70. The number of nitro benzene ring substituents is 1. The zero-order valence-corrected chi connectivity index (χ0v) is 16.1. The lowest BCUT2D eigenvalue weighted by Crippen LogP contribution is -2.23. The molecular formula is C20H13N5O4S. The van der Waals surface area contributed by atoms with Crippen LogP contribution in [-0.2, 0) is 4.79 Å². The van der Waals surface area contributed by atoms with Gasteiger partial charge < -0.3 is 4.98 Å². The number of nitrogens with one attached hydrogen (secondary N) is 2. The highest BCUT2D eigenvalue weighted by molar-refractivity contribution is 7.80. The number of aromatic amines is 1. The van der Waals surface area contributed by atoms with E-state index in [1.54, 1.807) is 30.3 Å². The number of fused-ring (bicyclic) bond motifs is 1. The largest absolute Gasteiger partial charge is 0.319 e. The maximum Gasteiger partial charge on any atom is 0.274 e. The van der Waals surface area contributed by atoms with E-state index in [9.17, 15) is 19.7 Å². The number of aromatic nitrogens is 2. The lowest BCUT2D eigenvalue weighted by atomic mass is 10.1. The van der Waals surface area contributed by atoms with Crippen LogP contribution in [0.15, 0.2) is 65.2 Å². The molecule has 1 aromatic heterocycles. The van der Waals surface area contributed by atoms with Gasteiger partial charge in [0.05, 0.1) is 16.0 Å². The molecule has 0 bridgehead atoms. The Morgan fingerprint density at radius 2 is 1.93 bits per heavy atom. The van der Waals surface area contributed by atoms with Crippen LogP contribution in [0, 0.1) is 10.1 Å². The first kappa shape index (κ1) is 19.2. The third kappa shape index (κ3) is 3.71. The molecule has 0 radical (unpaired) electrons. The fraction of sp³-hybridized carbons (Fsp3) is 0. The van der Waals surface area contributed by atoms with Crippen molar-refractivity contribution in [3.63, 3.8) is 0 Å². The lowest BCUT2D eigenvalue weighted by molar-refractivity contribution is -0.384. The summed E-state index contributed by atoms with van der Waals surface area (Å²) in [6.07, 6.45) is 4.37. The van der Waals surface area contributed by atoms with Gasteiger partial charge in [-0.3, -0.25) is 29.9 Å². The molecule has 9 nitrogen and oxygen atoms in total. The van der Waals surface area contributed by atoms with Gasteiger partial charge in [-0.2, -0.15) is 0 Å². The summed E-state index contributed by atoms with van der Waals surface area (Å²) in [5, 5.41) is 13.6. The molecule has 10 heteroatoms. The summed E-state index contributed by atoms with van der Waals surface area (Å²) in [5.74, 6) is -0.462. The van der Waals surface area contributed by atoms with Crippen molar-refractivity contribution >= 4 is 52.1 Å². The number of nitro groups is 1. The molecular weight excluding hydrogens is 406 g/mol. The molecule has 30 heavy (non-hydrogen) atoms. The Morgan fingerprint density at radius 1 is 1.13 bits per heavy atom. The van der Waals surface area contributed by atoms with E-state index in [4.69, 9.17) is 12.2 Å². The maximum atomic E-state index is 12.3. The van der Waals surface area contributed by atoms with Crippen LogP contribution >= 0.6 is 12.2 Å². The van der Waals surface area contributed by atoms with Gasteiger partial charge in [0.1, 0.15) is 11.4 Å². The van der Waals surface area contributed by atoms with Gasteiger partial charge in [0, 0.05) is 18.3 Å². The number of rotatable bonds is 4. The average Bonchev–Trinajstić information content (AvgIpc) is 2.99. The van der Waals surface area contributed by atoms with Gasteiger partial charge in [0.25, 0.3) is 17.2 Å². The molecule has 1 amide bonds. The minimum atomic E-state index is -0.517. The van der Waals surface area contributed by atoms with E-state index < -0.39 is 16.4 Å². The minimum absolute atomic E-state index is 0.0979. The van der Waals surface area contributed by atoms with E-state index in [0.717, 1.165) is 0 Å². The molecule has 0 atom stereocenters. The topological polar surface area (TPSA) is 121 Å². The molecule has 0 saturated carbocycles. The number of H-pyrrole nitrogens is 1. The number of carbonyl (C=O) groups excluding carboxylic acids is 1. The van der Waals surface area contributed by atoms with Crippen molar-refractivity contribution in [2.45, 2.75) is 0 Å². The van der Waals surface area contributed by atoms with Crippen LogP contribution in [0.2, 0.25) is 0 Å². The molecule has 1 aliphatic rings. The Balaban J connectivity index is 1.70. The van der Waals surface area contributed by atoms with Crippen LogP contribution in [0.5, 0.6) is 0 Å². The van der Waals surface area contributed by atoms with E-state index in [-0.39, 0.29) is 22.2 Å². The Bertz CT molecular complexity index is 1330. The van der Waals surface area contributed by atoms with E-state index in [0.29, 0.717) is 16.6 Å². The monoisotopic (exact) mass is 419 g/mol. The third-order valence-corrected chi connectivity index (χ3v) is 4.62. The Kier molecular flexibility index (Phi) is 4.90. The second-order valence-corrected chi connectivity index (χ2v) is 6.68. The summed E-state index contributed by atoms with van der Waals surface area (Å²) >= 11 is 5.19.